The summed E-state index contributed by atoms with van der Waals surface area (Å²) in [6.45, 7) is 6.49. The number of hydrogen-bond acceptors (Lipinski definition) is 6. The molecule has 0 saturated heterocycles. The van der Waals surface area contributed by atoms with Gasteiger partial charge in [0.1, 0.15) is 13.2 Å². The van der Waals surface area contributed by atoms with Crippen LogP contribution in [0.25, 0.3) is 0 Å². The lowest BCUT2D eigenvalue weighted by atomic mass is 10.1. The van der Waals surface area contributed by atoms with Crippen LogP contribution in [0.5, 0.6) is 0 Å². The predicted molar refractivity (Wildman–Crippen MR) is 247 cm³/mol. The first-order chi connectivity index (χ1) is 28.5. The second-order valence-corrected chi connectivity index (χ2v) is 16.4. The molecule has 0 saturated carbocycles. The number of carbonyl (C=O) groups excluding carboxylic acids is 3. The zero-order chi connectivity index (χ0) is 42.3. The Bertz CT molecular complexity index is 1030. The highest BCUT2D eigenvalue weighted by Gasteiger charge is 2.19. The van der Waals surface area contributed by atoms with Crippen molar-refractivity contribution in [3.05, 3.63) is 48.6 Å². The largest absolute Gasteiger partial charge is 0.462 e. The van der Waals surface area contributed by atoms with Gasteiger partial charge >= 0.3 is 17.9 Å². The highest BCUT2D eigenvalue weighted by molar-refractivity contribution is 5.71. The summed E-state index contributed by atoms with van der Waals surface area (Å²) in [5.74, 6) is -0.917. The van der Waals surface area contributed by atoms with Crippen molar-refractivity contribution in [3.63, 3.8) is 0 Å². The third-order valence-electron chi connectivity index (χ3n) is 10.6. The summed E-state index contributed by atoms with van der Waals surface area (Å²) in [7, 11) is 0. The molecule has 0 radical (unpaired) electrons. The van der Waals surface area contributed by atoms with E-state index in [0.29, 0.717) is 19.3 Å². The van der Waals surface area contributed by atoms with Crippen LogP contribution in [0.15, 0.2) is 48.6 Å². The van der Waals surface area contributed by atoms with E-state index in [2.05, 4.69) is 69.4 Å². The van der Waals surface area contributed by atoms with Crippen LogP contribution in [0, 0.1) is 0 Å². The average Bonchev–Trinajstić information content (AvgIpc) is 3.22. The number of unbranched alkanes of at least 4 members (excludes halogenated alkanes) is 26. The Balaban J connectivity index is 4.40. The maximum absolute atomic E-state index is 12.7. The van der Waals surface area contributed by atoms with Gasteiger partial charge in [-0.15, -0.1) is 0 Å². The smallest absolute Gasteiger partial charge is 0.306 e. The average molecular weight is 813 g/mol. The van der Waals surface area contributed by atoms with Crippen molar-refractivity contribution in [2.75, 3.05) is 13.2 Å². The lowest BCUT2D eigenvalue weighted by Crippen LogP contribution is -2.30. The van der Waals surface area contributed by atoms with Gasteiger partial charge in [-0.2, -0.15) is 0 Å². The van der Waals surface area contributed by atoms with Gasteiger partial charge in [0.05, 0.1) is 0 Å². The molecule has 0 N–H and O–H groups in total. The number of rotatable bonds is 44. The van der Waals surface area contributed by atoms with Crippen LogP contribution >= 0.6 is 0 Å². The van der Waals surface area contributed by atoms with Crippen molar-refractivity contribution in [3.8, 4) is 0 Å². The molecule has 0 aliphatic rings. The van der Waals surface area contributed by atoms with Gasteiger partial charge in [-0.25, -0.2) is 0 Å². The Morgan fingerprint density at radius 2 is 0.724 bits per heavy atom. The SMILES string of the molecule is CC/C=C\C/C=C\CCCCCCCCCC(=O)OC(COC(=O)CCCCC/C=C\C=C/CCCCCCCCC)COC(=O)CCCCCCCCCCCC. The number of hydrogen-bond donors (Lipinski definition) is 0. The molecule has 58 heavy (non-hydrogen) atoms. The lowest BCUT2D eigenvalue weighted by Gasteiger charge is -2.18. The lowest BCUT2D eigenvalue weighted by molar-refractivity contribution is -0.167. The predicted octanol–water partition coefficient (Wildman–Crippen LogP) is 15.9. The number of ether oxygens (including phenoxy) is 3. The topological polar surface area (TPSA) is 78.9 Å². The highest BCUT2D eigenvalue weighted by Crippen LogP contribution is 2.14. The van der Waals surface area contributed by atoms with Crippen LogP contribution in [0.1, 0.15) is 245 Å². The Hall–Kier alpha value is -2.63. The van der Waals surface area contributed by atoms with Gasteiger partial charge in [0.25, 0.3) is 0 Å². The van der Waals surface area contributed by atoms with E-state index in [1.807, 2.05) is 0 Å². The summed E-state index contributed by atoms with van der Waals surface area (Å²) in [6, 6.07) is 0. The van der Waals surface area contributed by atoms with E-state index >= 15 is 0 Å². The summed E-state index contributed by atoms with van der Waals surface area (Å²) >= 11 is 0. The molecule has 336 valence electrons. The van der Waals surface area contributed by atoms with Gasteiger partial charge < -0.3 is 14.2 Å². The molecular formula is C52H92O6. The fraction of sp³-hybridized carbons (Fsp3) is 0.788. The van der Waals surface area contributed by atoms with Crippen molar-refractivity contribution in [1.82, 2.24) is 0 Å². The molecule has 0 amide bonds. The molecule has 1 atom stereocenters. The van der Waals surface area contributed by atoms with E-state index in [9.17, 15) is 14.4 Å². The molecule has 6 nitrogen and oxygen atoms in total. The molecule has 0 aromatic carbocycles. The monoisotopic (exact) mass is 813 g/mol. The maximum Gasteiger partial charge on any atom is 0.306 e. The molecule has 0 aromatic heterocycles. The molecule has 6 heteroatoms. The van der Waals surface area contributed by atoms with Gasteiger partial charge in [0.15, 0.2) is 6.10 Å². The highest BCUT2D eigenvalue weighted by atomic mass is 16.6. The zero-order valence-corrected chi connectivity index (χ0v) is 38.3. The summed E-state index contributed by atoms with van der Waals surface area (Å²) in [6.07, 6.45) is 55.2. The van der Waals surface area contributed by atoms with E-state index < -0.39 is 6.10 Å². The Morgan fingerprint density at radius 3 is 1.16 bits per heavy atom. The van der Waals surface area contributed by atoms with E-state index in [0.717, 1.165) is 89.9 Å². The molecular weight excluding hydrogens is 721 g/mol. The summed E-state index contributed by atoms with van der Waals surface area (Å²) in [5, 5.41) is 0. The van der Waals surface area contributed by atoms with Gasteiger partial charge in [0.2, 0.25) is 0 Å². The van der Waals surface area contributed by atoms with Crippen LogP contribution in [0.4, 0.5) is 0 Å². The first-order valence-corrected chi connectivity index (χ1v) is 24.7. The van der Waals surface area contributed by atoms with Crippen molar-refractivity contribution < 1.29 is 28.6 Å². The van der Waals surface area contributed by atoms with E-state index in [1.165, 1.54) is 116 Å². The van der Waals surface area contributed by atoms with E-state index in [4.69, 9.17) is 14.2 Å². The first-order valence-electron chi connectivity index (χ1n) is 24.7. The van der Waals surface area contributed by atoms with Crippen molar-refractivity contribution in [2.24, 2.45) is 0 Å². The third-order valence-corrected chi connectivity index (χ3v) is 10.6. The fourth-order valence-electron chi connectivity index (χ4n) is 6.88. The molecule has 0 fully saturated rings. The summed E-state index contributed by atoms with van der Waals surface area (Å²) < 4.78 is 16.7. The van der Waals surface area contributed by atoms with Gasteiger partial charge in [-0.1, -0.05) is 204 Å². The maximum atomic E-state index is 12.7. The zero-order valence-electron chi connectivity index (χ0n) is 38.3. The van der Waals surface area contributed by atoms with Crippen molar-refractivity contribution >= 4 is 17.9 Å². The van der Waals surface area contributed by atoms with E-state index in [-0.39, 0.29) is 31.1 Å². The minimum atomic E-state index is -0.784. The molecule has 0 aliphatic heterocycles. The molecule has 0 rings (SSSR count). The van der Waals surface area contributed by atoms with Gasteiger partial charge in [-0.3, -0.25) is 14.4 Å². The Morgan fingerprint density at radius 1 is 0.379 bits per heavy atom. The Kier molecular flexibility index (Phi) is 44.9. The normalized spacial score (nSPS) is 12.4. The van der Waals surface area contributed by atoms with Crippen LogP contribution in [0.3, 0.4) is 0 Å². The second kappa shape index (κ2) is 47.1. The summed E-state index contributed by atoms with van der Waals surface area (Å²) in [5.41, 5.74) is 0. The molecule has 0 aromatic rings. The van der Waals surface area contributed by atoms with Crippen LogP contribution in [-0.4, -0.2) is 37.2 Å². The summed E-state index contributed by atoms with van der Waals surface area (Å²) in [4.78, 5) is 37.8. The molecule has 0 spiro atoms. The quantitative estimate of drug-likeness (QED) is 0.0200. The van der Waals surface area contributed by atoms with Crippen molar-refractivity contribution in [1.29, 1.82) is 0 Å². The van der Waals surface area contributed by atoms with Gasteiger partial charge in [-0.05, 0) is 70.6 Å². The minimum Gasteiger partial charge on any atom is -0.462 e. The minimum absolute atomic E-state index is 0.0833. The fourth-order valence-corrected chi connectivity index (χ4v) is 6.88. The number of carbonyl (C=O) groups is 3. The van der Waals surface area contributed by atoms with E-state index in [1.54, 1.807) is 0 Å². The Labute approximate surface area is 358 Å². The third kappa shape index (κ3) is 44.5. The van der Waals surface area contributed by atoms with Crippen LogP contribution in [-0.2, 0) is 28.6 Å². The van der Waals surface area contributed by atoms with Crippen LogP contribution < -0.4 is 0 Å². The molecule has 0 aliphatic carbocycles. The number of esters is 3. The number of allylic oxidation sites excluding steroid dienone is 8. The standard InChI is InChI=1S/C52H92O6/c1-4-7-10-13-16-19-22-24-26-27-29-30-33-36-39-42-45-51(54)57-48-49(47-56-50(53)44-41-38-35-32-21-18-15-12-9-6-3)58-52(55)46-43-40-37-34-31-28-25-23-20-17-14-11-8-5-2/h8,11,17,20,26-27,29-30,49H,4-7,9-10,12-16,18-19,21-25,28,31-48H2,1-3H3/b11-8-,20-17-,27-26-,30-29-. The van der Waals surface area contributed by atoms with Crippen molar-refractivity contribution in [2.45, 2.75) is 252 Å². The second-order valence-electron chi connectivity index (χ2n) is 16.4. The molecule has 0 heterocycles. The molecule has 0 bridgehead atoms. The van der Waals surface area contributed by atoms with Crippen LogP contribution in [0.2, 0.25) is 0 Å². The first kappa shape index (κ1) is 55.4. The van der Waals surface area contributed by atoms with Gasteiger partial charge in [0, 0.05) is 19.3 Å². The molecule has 1 unspecified atom stereocenters.